The zero-order valence-electron chi connectivity index (χ0n) is 11.7. The van der Waals surface area contributed by atoms with Gasteiger partial charge in [-0.1, -0.05) is 30.7 Å². The van der Waals surface area contributed by atoms with Gasteiger partial charge in [-0.05, 0) is 43.7 Å². The lowest BCUT2D eigenvalue weighted by Gasteiger charge is -2.19. The van der Waals surface area contributed by atoms with Gasteiger partial charge in [0.15, 0.2) is 0 Å². The summed E-state index contributed by atoms with van der Waals surface area (Å²) in [4.78, 5) is 11.7. The Kier molecular flexibility index (Phi) is 5.41. The summed E-state index contributed by atoms with van der Waals surface area (Å²) in [6.45, 7) is 2.38. The molecule has 0 bridgehead atoms. The van der Waals surface area contributed by atoms with Crippen LogP contribution in [0.1, 0.15) is 32.6 Å². The summed E-state index contributed by atoms with van der Waals surface area (Å²) >= 11 is 6.00. The topological polar surface area (TPSA) is 53.5 Å². The third-order valence-electron chi connectivity index (χ3n) is 3.40. The van der Waals surface area contributed by atoms with E-state index in [0.717, 1.165) is 30.7 Å². The minimum Gasteiger partial charge on any atom is -0.375 e. The molecule has 1 atom stereocenters. The molecule has 1 aliphatic carbocycles. The number of hydrogen-bond acceptors (Lipinski definition) is 3. The molecule has 1 saturated carbocycles. The van der Waals surface area contributed by atoms with Gasteiger partial charge >= 0.3 is 0 Å². The summed E-state index contributed by atoms with van der Waals surface area (Å²) in [6, 6.07) is 7.34. The van der Waals surface area contributed by atoms with Crippen LogP contribution in [0.15, 0.2) is 29.4 Å². The number of benzene rings is 1. The average Bonchev–Trinajstić information content (AvgIpc) is 2.44. The number of para-hydroxylation sites is 1. The summed E-state index contributed by atoms with van der Waals surface area (Å²) < 4.78 is 0. The van der Waals surface area contributed by atoms with Crippen LogP contribution >= 0.6 is 11.6 Å². The Hall–Kier alpha value is -1.55. The molecule has 0 spiro atoms. The number of carbonyl (C=O) groups is 1. The van der Waals surface area contributed by atoms with Crippen molar-refractivity contribution in [1.82, 2.24) is 5.43 Å². The molecule has 0 unspecified atom stereocenters. The number of hydrogen-bond donors (Lipinski definition) is 2. The third kappa shape index (κ3) is 4.53. The van der Waals surface area contributed by atoms with Crippen LogP contribution < -0.4 is 10.7 Å². The van der Waals surface area contributed by atoms with Crippen molar-refractivity contribution in [2.24, 2.45) is 11.0 Å². The summed E-state index contributed by atoms with van der Waals surface area (Å²) in [5, 5.41) is 7.81. The smallest absolute Gasteiger partial charge is 0.259 e. The van der Waals surface area contributed by atoms with E-state index in [1.807, 2.05) is 18.2 Å². The second-order valence-electron chi connectivity index (χ2n) is 5.25. The van der Waals surface area contributed by atoms with Crippen LogP contribution in [0, 0.1) is 5.92 Å². The lowest BCUT2D eigenvalue weighted by Crippen LogP contribution is -2.28. The Morgan fingerprint density at radius 3 is 3.00 bits per heavy atom. The number of amides is 1. The molecule has 1 amide bonds. The van der Waals surface area contributed by atoms with Gasteiger partial charge in [-0.2, -0.15) is 5.10 Å². The molecular formula is C15H20ClN3O. The van der Waals surface area contributed by atoms with Crippen LogP contribution in [0.3, 0.4) is 0 Å². The van der Waals surface area contributed by atoms with Crippen LogP contribution in [0.4, 0.5) is 5.69 Å². The van der Waals surface area contributed by atoms with Gasteiger partial charge in [-0.15, -0.1) is 0 Å². The van der Waals surface area contributed by atoms with E-state index in [9.17, 15) is 4.79 Å². The second-order valence-corrected chi connectivity index (χ2v) is 5.66. The number of carbonyl (C=O) groups excluding carboxylic acids is 1. The van der Waals surface area contributed by atoms with Gasteiger partial charge in [0, 0.05) is 5.71 Å². The lowest BCUT2D eigenvalue weighted by molar-refractivity contribution is -0.119. The molecule has 1 fully saturated rings. The van der Waals surface area contributed by atoms with Gasteiger partial charge in [0.2, 0.25) is 0 Å². The Balaban J connectivity index is 1.78. The molecule has 1 aromatic carbocycles. The standard InChI is InChI=1S/C15H20ClN3O/c1-11-5-4-6-12(9-11)18-19-15(20)10-17-14-8-3-2-7-13(14)16/h2-3,7-8,11,17H,4-6,9-10H2,1H3,(H,19,20)/b18-12-/t11-/m1/s1. The molecule has 0 saturated heterocycles. The fourth-order valence-electron chi connectivity index (χ4n) is 2.32. The highest BCUT2D eigenvalue weighted by atomic mass is 35.5. The quantitative estimate of drug-likeness (QED) is 0.836. The molecule has 2 rings (SSSR count). The van der Waals surface area contributed by atoms with Gasteiger partial charge < -0.3 is 5.32 Å². The third-order valence-corrected chi connectivity index (χ3v) is 3.73. The fourth-order valence-corrected chi connectivity index (χ4v) is 2.53. The fraction of sp³-hybridized carbons (Fsp3) is 0.467. The molecule has 1 aromatic rings. The van der Waals surface area contributed by atoms with E-state index < -0.39 is 0 Å². The highest BCUT2D eigenvalue weighted by molar-refractivity contribution is 6.33. The zero-order valence-corrected chi connectivity index (χ0v) is 12.4. The van der Waals surface area contributed by atoms with Crippen molar-refractivity contribution < 1.29 is 4.79 Å². The van der Waals surface area contributed by atoms with E-state index in [-0.39, 0.29) is 12.5 Å². The number of nitrogens with one attached hydrogen (secondary N) is 2. The number of anilines is 1. The number of halogens is 1. The molecular weight excluding hydrogens is 274 g/mol. The van der Waals surface area contributed by atoms with Crippen LogP contribution in [-0.4, -0.2) is 18.2 Å². The first-order valence-corrected chi connectivity index (χ1v) is 7.35. The predicted molar refractivity (Wildman–Crippen MR) is 83.2 cm³/mol. The Bertz CT molecular complexity index is 502. The molecule has 20 heavy (non-hydrogen) atoms. The summed E-state index contributed by atoms with van der Waals surface area (Å²) in [5.41, 5.74) is 4.45. The summed E-state index contributed by atoms with van der Waals surface area (Å²) in [6.07, 6.45) is 4.38. The number of hydrazone groups is 1. The van der Waals surface area contributed by atoms with Crippen molar-refractivity contribution in [3.63, 3.8) is 0 Å². The molecule has 1 aliphatic rings. The molecule has 2 N–H and O–H groups in total. The maximum Gasteiger partial charge on any atom is 0.259 e. The normalized spacial score (nSPS) is 20.7. The van der Waals surface area contributed by atoms with Gasteiger partial charge in [0.25, 0.3) is 5.91 Å². The van der Waals surface area contributed by atoms with E-state index in [2.05, 4.69) is 22.8 Å². The van der Waals surface area contributed by atoms with E-state index in [1.165, 1.54) is 6.42 Å². The van der Waals surface area contributed by atoms with Crippen molar-refractivity contribution in [2.45, 2.75) is 32.6 Å². The summed E-state index contributed by atoms with van der Waals surface area (Å²) in [7, 11) is 0. The van der Waals surface area contributed by atoms with E-state index >= 15 is 0 Å². The minimum absolute atomic E-state index is 0.157. The van der Waals surface area contributed by atoms with Crippen molar-refractivity contribution in [2.75, 3.05) is 11.9 Å². The molecule has 0 aliphatic heterocycles. The van der Waals surface area contributed by atoms with Crippen LogP contribution in [-0.2, 0) is 4.79 Å². The minimum atomic E-state index is -0.157. The lowest BCUT2D eigenvalue weighted by atomic mass is 9.89. The molecule has 108 valence electrons. The first-order chi connectivity index (χ1) is 9.65. The number of nitrogens with zero attached hydrogens (tertiary/aromatic N) is 1. The summed E-state index contributed by atoms with van der Waals surface area (Å²) in [5.74, 6) is 0.510. The Morgan fingerprint density at radius 2 is 2.25 bits per heavy atom. The highest BCUT2D eigenvalue weighted by Crippen LogP contribution is 2.21. The van der Waals surface area contributed by atoms with Gasteiger partial charge in [-0.3, -0.25) is 4.79 Å². The maximum atomic E-state index is 11.7. The van der Waals surface area contributed by atoms with Crippen molar-refractivity contribution in [1.29, 1.82) is 0 Å². The Labute approximate surface area is 124 Å². The van der Waals surface area contributed by atoms with Gasteiger partial charge in [-0.25, -0.2) is 5.43 Å². The maximum absolute atomic E-state index is 11.7. The largest absolute Gasteiger partial charge is 0.375 e. The van der Waals surface area contributed by atoms with Crippen LogP contribution in [0.2, 0.25) is 5.02 Å². The van der Waals surface area contributed by atoms with Gasteiger partial charge in [0.1, 0.15) is 0 Å². The Morgan fingerprint density at radius 1 is 1.45 bits per heavy atom. The molecule has 0 radical (unpaired) electrons. The molecule has 0 aromatic heterocycles. The molecule has 0 heterocycles. The predicted octanol–water partition coefficient (Wildman–Crippen LogP) is 3.43. The van der Waals surface area contributed by atoms with E-state index in [4.69, 9.17) is 11.6 Å². The first-order valence-electron chi connectivity index (χ1n) is 6.98. The van der Waals surface area contributed by atoms with E-state index in [1.54, 1.807) is 6.07 Å². The SMILES string of the molecule is C[C@@H]1CCC/C(=N/NC(=O)CNc2ccccc2Cl)C1. The first kappa shape index (κ1) is 14.9. The monoisotopic (exact) mass is 293 g/mol. The van der Waals surface area contributed by atoms with Crippen molar-refractivity contribution in [3.05, 3.63) is 29.3 Å². The van der Waals surface area contributed by atoms with Crippen LogP contribution in [0.5, 0.6) is 0 Å². The number of rotatable bonds is 4. The highest BCUT2D eigenvalue weighted by Gasteiger charge is 2.14. The van der Waals surface area contributed by atoms with Gasteiger partial charge in [0.05, 0.1) is 17.3 Å². The molecule has 4 nitrogen and oxygen atoms in total. The zero-order chi connectivity index (χ0) is 14.4. The van der Waals surface area contributed by atoms with Crippen molar-refractivity contribution in [3.8, 4) is 0 Å². The molecule has 5 heteroatoms. The van der Waals surface area contributed by atoms with Crippen molar-refractivity contribution >= 4 is 28.9 Å². The second kappa shape index (κ2) is 7.29. The van der Waals surface area contributed by atoms with Crippen LogP contribution in [0.25, 0.3) is 0 Å². The van der Waals surface area contributed by atoms with E-state index in [0.29, 0.717) is 10.9 Å². The average molecular weight is 294 g/mol.